The lowest BCUT2D eigenvalue weighted by Crippen LogP contribution is -2.25. The Bertz CT molecular complexity index is 941. The minimum absolute atomic E-state index is 0.289. The summed E-state index contributed by atoms with van der Waals surface area (Å²) in [5.74, 6) is 0.790. The first kappa shape index (κ1) is 19.8. The lowest BCUT2D eigenvalue weighted by atomic mass is 10.3. The highest BCUT2D eigenvalue weighted by Gasteiger charge is 2.12. The fourth-order valence-corrected chi connectivity index (χ4v) is 3.88. The van der Waals surface area contributed by atoms with Gasteiger partial charge in [-0.25, -0.2) is 18.1 Å². The molecule has 0 saturated heterocycles. The van der Waals surface area contributed by atoms with Crippen LogP contribution in [0.3, 0.4) is 0 Å². The van der Waals surface area contributed by atoms with E-state index in [0.29, 0.717) is 19.6 Å². The van der Waals surface area contributed by atoms with Crippen molar-refractivity contribution in [3.05, 3.63) is 70.8 Å². The number of hydrogen-bond donors (Lipinski definition) is 1. The van der Waals surface area contributed by atoms with Crippen molar-refractivity contribution in [1.82, 2.24) is 14.3 Å². The van der Waals surface area contributed by atoms with Crippen molar-refractivity contribution in [3.63, 3.8) is 0 Å². The molecule has 0 amide bonds. The third-order valence-electron chi connectivity index (χ3n) is 3.90. The van der Waals surface area contributed by atoms with Crippen LogP contribution in [0.2, 0.25) is 0 Å². The van der Waals surface area contributed by atoms with Gasteiger partial charge in [0, 0.05) is 28.2 Å². The van der Waals surface area contributed by atoms with Crippen LogP contribution in [-0.2, 0) is 10.0 Å². The molecule has 0 saturated carbocycles. The van der Waals surface area contributed by atoms with Crippen molar-refractivity contribution < 1.29 is 13.2 Å². The minimum Gasteiger partial charge on any atom is -0.494 e. The van der Waals surface area contributed by atoms with Crippen LogP contribution in [0.25, 0.3) is 5.69 Å². The van der Waals surface area contributed by atoms with Crippen LogP contribution in [0.1, 0.15) is 12.8 Å². The number of benzene rings is 2. The highest BCUT2D eigenvalue weighted by Crippen LogP contribution is 2.15. The minimum atomic E-state index is -3.44. The van der Waals surface area contributed by atoms with Crippen LogP contribution in [0.5, 0.6) is 5.75 Å². The zero-order chi connectivity index (χ0) is 19.1. The van der Waals surface area contributed by atoms with Gasteiger partial charge in [0.25, 0.3) is 0 Å². The molecular formula is C19H20IN3O3S. The van der Waals surface area contributed by atoms with Crippen molar-refractivity contribution in [1.29, 1.82) is 0 Å². The number of halogens is 1. The molecule has 2 aromatic carbocycles. The highest BCUT2D eigenvalue weighted by molar-refractivity contribution is 14.1. The van der Waals surface area contributed by atoms with E-state index in [4.69, 9.17) is 4.74 Å². The Labute approximate surface area is 172 Å². The summed E-state index contributed by atoms with van der Waals surface area (Å²) in [5, 5.41) is 0. The van der Waals surface area contributed by atoms with Gasteiger partial charge in [-0.3, -0.25) is 0 Å². The van der Waals surface area contributed by atoms with Crippen LogP contribution in [0, 0.1) is 3.57 Å². The number of unbranched alkanes of at least 4 members (excludes halogenated alkanes) is 1. The number of nitrogens with one attached hydrogen (secondary N) is 1. The van der Waals surface area contributed by atoms with Crippen LogP contribution >= 0.6 is 22.6 Å². The lowest BCUT2D eigenvalue weighted by molar-refractivity contribution is 0.307. The van der Waals surface area contributed by atoms with Crippen LogP contribution in [0.15, 0.2) is 72.1 Å². The van der Waals surface area contributed by atoms with Crippen molar-refractivity contribution in [2.24, 2.45) is 0 Å². The van der Waals surface area contributed by atoms with Crippen molar-refractivity contribution in [2.75, 3.05) is 13.2 Å². The summed E-state index contributed by atoms with van der Waals surface area (Å²) in [6.45, 7) is 0.924. The largest absolute Gasteiger partial charge is 0.494 e. The smallest absolute Gasteiger partial charge is 0.240 e. The Morgan fingerprint density at radius 2 is 1.78 bits per heavy atom. The first-order chi connectivity index (χ1) is 13.0. The van der Waals surface area contributed by atoms with Gasteiger partial charge in [0.05, 0.1) is 17.8 Å². The van der Waals surface area contributed by atoms with Crippen LogP contribution in [0.4, 0.5) is 0 Å². The molecule has 1 N–H and O–H groups in total. The fraction of sp³-hybridized carbons (Fsp3) is 0.211. The standard InChI is InChI=1S/C19H20IN3O3S/c20-16-3-9-19(10-4-16)27(24,25)22-11-1-2-14-26-18-7-5-17(6-8-18)23-13-12-21-15-23/h3-10,12-13,15,22H,1-2,11,14H2. The summed E-state index contributed by atoms with van der Waals surface area (Å²) in [4.78, 5) is 4.31. The Morgan fingerprint density at radius 1 is 1.04 bits per heavy atom. The molecule has 0 aliphatic heterocycles. The molecule has 27 heavy (non-hydrogen) atoms. The zero-order valence-corrected chi connectivity index (χ0v) is 17.6. The van der Waals surface area contributed by atoms with Crippen molar-refractivity contribution in [2.45, 2.75) is 17.7 Å². The Morgan fingerprint density at radius 3 is 2.44 bits per heavy atom. The number of hydrogen-bond acceptors (Lipinski definition) is 4. The monoisotopic (exact) mass is 497 g/mol. The number of sulfonamides is 1. The molecule has 3 aromatic rings. The maximum atomic E-state index is 12.2. The van der Waals surface area contributed by atoms with Gasteiger partial charge in [0.2, 0.25) is 10.0 Å². The third-order valence-corrected chi connectivity index (χ3v) is 6.09. The van der Waals surface area contributed by atoms with Gasteiger partial charge >= 0.3 is 0 Å². The zero-order valence-electron chi connectivity index (χ0n) is 14.6. The second-order valence-corrected chi connectivity index (χ2v) is 8.88. The molecule has 142 valence electrons. The summed E-state index contributed by atoms with van der Waals surface area (Å²) in [6.07, 6.45) is 6.83. The average Bonchev–Trinajstić information content (AvgIpc) is 3.20. The van der Waals surface area contributed by atoms with E-state index in [1.165, 1.54) is 0 Å². The van der Waals surface area contributed by atoms with E-state index in [9.17, 15) is 8.42 Å². The topological polar surface area (TPSA) is 73.2 Å². The van der Waals surface area contributed by atoms with E-state index < -0.39 is 10.0 Å². The molecule has 0 atom stereocenters. The summed E-state index contributed by atoms with van der Waals surface area (Å²) in [6, 6.07) is 14.5. The van der Waals surface area contributed by atoms with Gasteiger partial charge in [0.1, 0.15) is 5.75 Å². The second kappa shape index (κ2) is 9.34. The lowest BCUT2D eigenvalue weighted by Gasteiger charge is -2.09. The van der Waals surface area contributed by atoms with E-state index in [1.807, 2.05) is 35.0 Å². The van der Waals surface area contributed by atoms with Gasteiger partial charge < -0.3 is 9.30 Å². The van der Waals surface area contributed by atoms with E-state index >= 15 is 0 Å². The molecule has 0 spiro atoms. The highest BCUT2D eigenvalue weighted by atomic mass is 127. The van der Waals surface area contributed by atoms with E-state index in [0.717, 1.165) is 21.4 Å². The molecule has 0 aliphatic carbocycles. The fourth-order valence-electron chi connectivity index (χ4n) is 2.45. The second-order valence-electron chi connectivity index (χ2n) is 5.87. The SMILES string of the molecule is O=S(=O)(NCCCCOc1ccc(-n2ccnc2)cc1)c1ccc(I)cc1. The van der Waals surface area contributed by atoms with Gasteiger partial charge in [0.15, 0.2) is 0 Å². The normalized spacial score (nSPS) is 11.4. The van der Waals surface area contributed by atoms with Crippen LogP contribution in [-0.4, -0.2) is 31.1 Å². The van der Waals surface area contributed by atoms with Gasteiger partial charge in [-0.15, -0.1) is 0 Å². The number of imidazole rings is 1. The number of nitrogens with zero attached hydrogens (tertiary/aromatic N) is 2. The molecule has 0 unspecified atom stereocenters. The van der Waals surface area contributed by atoms with Gasteiger partial charge in [-0.2, -0.15) is 0 Å². The Kier molecular flexibility index (Phi) is 6.86. The molecule has 3 rings (SSSR count). The summed E-state index contributed by atoms with van der Waals surface area (Å²) in [5.41, 5.74) is 1.02. The maximum Gasteiger partial charge on any atom is 0.240 e. The number of ether oxygens (including phenoxy) is 1. The van der Waals surface area contributed by atoms with Crippen molar-refractivity contribution >= 4 is 32.6 Å². The summed E-state index contributed by atoms with van der Waals surface area (Å²) < 4.78 is 35.6. The van der Waals surface area contributed by atoms with E-state index in [-0.39, 0.29) is 4.90 Å². The summed E-state index contributed by atoms with van der Waals surface area (Å²) >= 11 is 2.14. The molecule has 0 radical (unpaired) electrons. The average molecular weight is 497 g/mol. The molecule has 8 heteroatoms. The Hall–Kier alpha value is -1.91. The molecule has 0 aliphatic rings. The first-order valence-corrected chi connectivity index (χ1v) is 11.1. The predicted octanol–water partition coefficient (Wildman–Crippen LogP) is 3.61. The van der Waals surface area contributed by atoms with E-state index in [1.54, 1.807) is 36.8 Å². The molecule has 6 nitrogen and oxygen atoms in total. The quantitative estimate of drug-likeness (QED) is 0.362. The molecule has 1 aromatic heterocycles. The Balaban J connectivity index is 1.37. The number of rotatable bonds is 9. The van der Waals surface area contributed by atoms with Crippen molar-refractivity contribution in [3.8, 4) is 11.4 Å². The number of aromatic nitrogens is 2. The predicted molar refractivity (Wildman–Crippen MR) is 113 cm³/mol. The molecular weight excluding hydrogens is 477 g/mol. The maximum absolute atomic E-state index is 12.2. The third kappa shape index (κ3) is 5.78. The molecule has 0 bridgehead atoms. The van der Waals surface area contributed by atoms with Gasteiger partial charge in [-0.1, -0.05) is 0 Å². The molecule has 1 heterocycles. The van der Waals surface area contributed by atoms with Gasteiger partial charge in [-0.05, 0) is 84.0 Å². The van der Waals surface area contributed by atoms with Crippen LogP contribution < -0.4 is 9.46 Å². The molecule has 0 fully saturated rings. The first-order valence-electron chi connectivity index (χ1n) is 8.51. The van der Waals surface area contributed by atoms with E-state index in [2.05, 4.69) is 32.3 Å². The summed E-state index contributed by atoms with van der Waals surface area (Å²) in [7, 11) is -3.44.